The Morgan fingerprint density at radius 3 is 2.75 bits per heavy atom. The van der Waals surface area contributed by atoms with E-state index < -0.39 is 0 Å². The summed E-state index contributed by atoms with van der Waals surface area (Å²) in [5.74, 6) is 0. The van der Waals surface area contributed by atoms with Crippen molar-refractivity contribution in [2.75, 3.05) is 0 Å². The number of rotatable bonds is 5. The Balaban J connectivity index is 0.00000121. The summed E-state index contributed by atoms with van der Waals surface area (Å²) in [5.41, 5.74) is 1.43. The van der Waals surface area contributed by atoms with Gasteiger partial charge >= 0.3 is 0 Å². The third kappa shape index (κ3) is 5.09. The normalized spacial score (nSPS) is 14.2. The van der Waals surface area contributed by atoms with Crippen molar-refractivity contribution in [2.24, 2.45) is 0 Å². The summed E-state index contributed by atoms with van der Waals surface area (Å²) in [6.07, 6.45) is 15.5. The quantitative estimate of drug-likeness (QED) is 0.508. The minimum Gasteiger partial charge on any atom is -0.269 e. The molecule has 1 aliphatic carbocycles. The van der Waals surface area contributed by atoms with Crippen LogP contribution >= 0.6 is 0 Å². The zero-order chi connectivity index (χ0) is 7.94. The van der Waals surface area contributed by atoms with E-state index in [1.165, 1.54) is 37.7 Å². The molecule has 1 aliphatic rings. The third-order valence-corrected chi connectivity index (χ3v) is 2.07. The van der Waals surface area contributed by atoms with Crippen LogP contribution < -0.4 is 0 Å². The van der Waals surface area contributed by atoms with E-state index in [0.717, 1.165) is 6.42 Å². The standard InChI is InChI=1S/C11H17.Zr/c1-2-3-4-5-8-11-9-6-7-10-11;/h6,9H,2-5,7-8H2,1H3;/q-1;. The first-order valence-electron chi connectivity index (χ1n) is 4.69. The molecule has 0 heterocycles. The second kappa shape index (κ2) is 7.98. The Hall–Kier alpha value is 0.363. The van der Waals surface area contributed by atoms with Gasteiger partial charge in [0.15, 0.2) is 0 Å². The molecule has 0 saturated carbocycles. The SMILES string of the molecule is CCCCCCC1=[C-]CC=C1.[Zr]. The molecule has 0 bridgehead atoms. The zero-order valence-electron chi connectivity index (χ0n) is 7.90. The molecule has 0 aromatic heterocycles. The van der Waals surface area contributed by atoms with Crippen molar-refractivity contribution in [1.29, 1.82) is 0 Å². The van der Waals surface area contributed by atoms with Crippen LogP contribution in [0, 0.1) is 6.08 Å². The first-order valence-corrected chi connectivity index (χ1v) is 4.69. The fourth-order valence-electron chi connectivity index (χ4n) is 1.36. The van der Waals surface area contributed by atoms with E-state index in [0.29, 0.717) is 0 Å². The van der Waals surface area contributed by atoms with Gasteiger partial charge in [-0.1, -0.05) is 39.0 Å². The molecule has 0 aromatic rings. The average molecular weight is 240 g/mol. The summed E-state index contributed by atoms with van der Waals surface area (Å²) < 4.78 is 0. The van der Waals surface area contributed by atoms with Crippen molar-refractivity contribution in [1.82, 2.24) is 0 Å². The maximum absolute atomic E-state index is 3.34. The predicted octanol–water partition coefficient (Wildman–Crippen LogP) is 3.64. The molecule has 1 rings (SSSR count). The van der Waals surface area contributed by atoms with Crippen LogP contribution in [-0.2, 0) is 26.2 Å². The molecule has 0 aliphatic heterocycles. The molecule has 12 heavy (non-hydrogen) atoms. The number of allylic oxidation sites excluding steroid dienone is 4. The van der Waals surface area contributed by atoms with Gasteiger partial charge in [-0.3, -0.25) is 6.08 Å². The van der Waals surface area contributed by atoms with E-state index in [1.54, 1.807) is 0 Å². The van der Waals surface area contributed by atoms with Gasteiger partial charge in [-0.15, -0.1) is 6.42 Å². The summed E-state index contributed by atoms with van der Waals surface area (Å²) in [7, 11) is 0. The van der Waals surface area contributed by atoms with Gasteiger partial charge in [-0.05, 0) is 0 Å². The fraction of sp³-hybridized carbons (Fsp3) is 0.636. The van der Waals surface area contributed by atoms with E-state index in [2.05, 4.69) is 25.2 Å². The minimum absolute atomic E-state index is 0. The molecule has 0 radical (unpaired) electrons. The summed E-state index contributed by atoms with van der Waals surface area (Å²) in [6, 6.07) is 0. The van der Waals surface area contributed by atoms with Crippen LogP contribution in [0.3, 0.4) is 0 Å². The molecule has 1 heteroatoms. The van der Waals surface area contributed by atoms with Crippen LogP contribution in [0.1, 0.15) is 45.4 Å². The first-order chi connectivity index (χ1) is 5.43. The number of unbranched alkanes of at least 4 members (excludes halogenated alkanes) is 3. The summed E-state index contributed by atoms with van der Waals surface area (Å²) in [6.45, 7) is 2.25. The van der Waals surface area contributed by atoms with Gasteiger partial charge in [0.25, 0.3) is 0 Å². The van der Waals surface area contributed by atoms with Crippen molar-refractivity contribution in [3.63, 3.8) is 0 Å². The Bertz CT molecular complexity index is 156. The summed E-state index contributed by atoms with van der Waals surface area (Å²) in [4.78, 5) is 0. The van der Waals surface area contributed by atoms with Crippen molar-refractivity contribution in [2.45, 2.75) is 45.4 Å². The van der Waals surface area contributed by atoms with Crippen LogP contribution in [0.4, 0.5) is 0 Å². The first kappa shape index (κ1) is 12.4. The van der Waals surface area contributed by atoms with Crippen molar-refractivity contribution in [3.05, 3.63) is 23.8 Å². The van der Waals surface area contributed by atoms with Gasteiger partial charge in [0.05, 0.1) is 0 Å². The molecule has 0 amide bonds. The van der Waals surface area contributed by atoms with Gasteiger partial charge in [0, 0.05) is 26.2 Å². The zero-order valence-corrected chi connectivity index (χ0v) is 10.4. The van der Waals surface area contributed by atoms with E-state index in [1.807, 2.05) is 0 Å². The second-order valence-electron chi connectivity index (χ2n) is 3.12. The van der Waals surface area contributed by atoms with Gasteiger partial charge in [-0.2, -0.15) is 6.08 Å². The van der Waals surface area contributed by atoms with Gasteiger partial charge in [0.1, 0.15) is 0 Å². The smallest absolute Gasteiger partial charge is 0 e. The maximum atomic E-state index is 3.34. The Morgan fingerprint density at radius 2 is 2.17 bits per heavy atom. The summed E-state index contributed by atoms with van der Waals surface area (Å²) in [5, 5.41) is 0. The van der Waals surface area contributed by atoms with Crippen LogP contribution in [0.2, 0.25) is 0 Å². The van der Waals surface area contributed by atoms with Gasteiger partial charge in [-0.25, -0.2) is 11.6 Å². The molecule has 66 valence electrons. The Labute approximate surface area is 95.3 Å². The molecule has 0 fully saturated rings. The predicted molar refractivity (Wildman–Crippen MR) is 49.3 cm³/mol. The van der Waals surface area contributed by atoms with Crippen LogP contribution in [0.25, 0.3) is 0 Å². The molecule has 0 saturated heterocycles. The molecule has 0 aromatic carbocycles. The van der Waals surface area contributed by atoms with E-state index in [9.17, 15) is 0 Å². The Morgan fingerprint density at radius 1 is 1.33 bits per heavy atom. The van der Waals surface area contributed by atoms with Crippen molar-refractivity contribution >= 4 is 0 Å². The molecule has 0 nitrogen and oxygen atoms in total. The van der Waals surface area contributed by atoms with Crippen LogP contribution in [0.5, 0.6) is 0 Å². The van der Waals surface area contributed by atoms with E-state index in [4.69, 9.17) is 0 Å². The molecule has 0 N–H and O–H groups in total. The van der Waals surface area contributed by atoms with Crippen LogP contribution in [-0.4, -0.2) is 0 Å². The molecular formula is C11H17Zr-. The largest absolute Gasteiger partial charge is 0.269 e. The topological polar surface area (TPSA) is 0 Å². The molecule has 0 unspecified atom stereocenters. The van der Waals surface area contributed by atoms with Crippen molar-refractivity contribution < 1.29 is 26.2 Å². The van der Waals surface area contributed by atoms with E-state index in [-0.39, 0.29) is 26.2 Å². The maximum Gasteiger partial charge on any atom is 0 e. The fourth-order valence-corrected chi connectivity index (χ4v) is 1.36. The number of hydrogen-bond acceptors (Lipinski definition) is 0. The second-order valence-corrected chi connectivity index (χ2v) is 3.12. The third-order valence-electron chi connectivity index (χ3n) is 2.07. The molecular weight excluding hydrogens is 223 g/mol. The number of hydrogen-bond donors (Lipinski definition) is 0. The minimum atomic E-state index is 0. The monoisotopic (exact) mass is 239 g/mol. The van der Waals surface area contributed by atoms with Crippen LogP contribution in [0.15, 0.2) is 17.7 Å². The summed E-state index contributed by atoms with van der Waals surface area (Å²) >= 11 is 0. The van der Waals surface area contributed by atoms with Crippen molar-refractivity contribution in [3.8, 4) is 0 Å². The van der Waals surface area contributed by atoms with Gasteiger partial charge in [0.2, 0.25) is 0 Å². The molecule has 0 atom stereocenters. The molecule has 0 spiro atoms. The van der Waals surface area contributed by atoms with Gasteiger partial charge < -0.3 is 0 Å². The van der Waals surface area contributed by atoms with E-state index >= 15 is 0 Å². The average Bonchev–Trinajstić information content (AvgIpc) is 2.50. The Kier molecular flexibility index (Phi) is 8.23.